The summed E-state index contributed by atoms with van der Waals surface area (Å²) < 4.78 is 6.80. The summed E-state index contributed by atoms with van der Waals surface area (Å²) in [7, 11) is 1.72. The van der Waals surface area contributed by atoms with Crippen molar-refractivity contribution in [3.63, 3.8) is 0 Å². The van der Waals surface area contributed by atoms with E-state index < -0.39 is 0 Å². The first-order valence-electron chi connectivity index (χ1n) is 6.45. The molecule has 0 aliphatic heterocycles. The van der Waals surface area contributed by atoms with E-state index in [2.05, 4.69) is 40.0 Å². The molecule has 4 heteroatoms. The summed E-state index contributed by atoms with van der Waals surface area (Å²) in [5.74, 6) is 0.916. The first-order valence-corrected chi connectivity index (χ1v) is 8.35. The van der Waals surface area contributed by atoms with Gasteiger partial charge in [0.2, 0.25) is 0 Å². The molecule has 0 amide bonds. The van der Waals surface area contributed by atoms with Gasteiger partial charge in [0.05, 0.1) is 21.7 Å². The van der Waals surface area contributed by atoms with Gasteiger partial charge in [-0.3, -0.25) is 0 Å². The Balaban J connectivity index is 1.88. The highest BCUT2D eigenvalue weighted by Gasteiger charge is 2.23. The number of methoxy groups -OCH3 is 1. The molecule has 1 heterocycles. The zero-order valence-electron chi connectivity index (χ0n) is 10.8. The van der Waals surface area contributed by atoms with Gasteiger partial charge in [-0.05, 0) is 65.6 Å². The maximum absolute atomic E-state index is 5.42. The molecule has 1 atom stereocenters. The molecule has 2 nitrogen and oxygen atoms in total. The van der Waals surface area contributed by atoms with Crippen LogP contribution in [0.25, 0.3) is 0 Å². The van der Waals surface area contributed by atoms with E-state index in [1.165, 1.54) is 27.7 Å². The van der Waals surface area contributed by atoms with E-state index >= 15 is 0 Å². The van der Waals surface area contributed by atoms with Crippen molar-refractivity contribution in [2.75, 3.05) is 12.4 Å². The Kier molecular flexibility index (Phi) is 3.98. The number of benzene rings is 1. The monoisotopic (exact) mass is 385 g/mol. The third-order valence-electron chi connectivity index (χ3n) is 3.52. The second-order valence-electron chi connectivity index (χ2n) is 4.72. The van der Waals surface area contributed by atoms with E-state index in [4.69, 9.17) is 4.74 Å². The lowest BCUT2D eigenvalue weighted by molar-refractivity contribution is 0.415. The summed E-state index contributed by atoms with van der Waals surface area (Å²) in [6.45, 7) is 0. The Morgan fingerprint density at radius 3 is 3.05 bits per heavy atom. The number of nitrogens with one attached hydrogen (secondary N) is 1. The number of para-hydroxylation sites is 2. The van der Waals surface area contributed by atoms with E-state index in [9.17, 15) is 0 Å². The van der Waals surface area contributed by atoms with E-state index in [1.54, 1.807) is 12.0 Å². The van der Waals surface area contributed by atoms with Crippen LogP contribution in [0.4, 0.5) is 5.69 Å². The first kappa shape index (κ1) is 13.2. The minimum absolute atomic E-state index is 0.416. The molecule has 0 saturated heterocycles. The Labute approximate surface area is 131 Å². The molecule has 0 fully saturated rings. The fraction of sp³-hybridized carbons (Fsp3) is 0.333. The van der Waals surface area contributed by atoms with Crippen LogP contribution in [0.15, 0.2) is 30.3 Å². The van der Waals surface area contributed by atoms with Crippen LogP contribution in [0.5, 0.6) is 5.75 Å². The summed E-state index contributed by atoms with van der Waals surface area (Å²) in [4.78, 5) is 1.54. The molecule has 0 spiro atoms. The van der Waals surface area contributed by atoms with Gasteiger partial charge in [-0.15, -0.1) is 11.3 Å². The predicted molar refractivity (Wildman–Crippen MR) is 89.3 cm³/mol. The molecule has 1 aliphatic rings. The molecule has 0 bridgehead atoms. The third-order valence-corrected chi connectivity index (χ3v) is 5.49. The maximum atomic E-state index is 5.42. The van der Waals surface area contributed by atoms with E-state index in [0.717, 1.165) is 11.4 Å². The number of fused-ring (bicyclic) bond motifs is 1. The lowest BCUT2D eigenvalue weighted by atomic mass is 9.94. The Bertz CT molecular complexity index is 581. The number of hydrogen-bond donors (Lipinski definition) is 1. The highest BCUT2D eigenvalue weighted by atomic mass is 127. The third kappa shape index (κ3) is 2.74. The van der Waals surface area contributed by atoms with Crippen LogP contribution in [0.1, 0.15) is 29.3 Å². The Morgan fingerprint density at radius 1 is 1.37 bits per heavy atom. The van der Waals surface area contributed by atoms with Gasteiger partial charge in [0.15, 0.2) is 0 Å². The van der Waals surface area contributed by atoms with Crippen molar-refractivity contribution in [1.29, 1.82) is 0 Å². The summed E-state index contributed by atoms with van der Waals surface area (Å²) in [6, 6.07) is 10.9. The van der Waals surface area contributed by atoms with Gasteiger partial charge in [-0.25, -0.2) is 0 Å². The smallest absolute Gasteiger partial charge is 0.141 e. The zero-order chi connectivity index (χ0) is 13.2. The highest BCUT2D eigenvalue weighted by Crippen LogP contribution is 2.39. The number of thiophene rings is 1. The number of halogens is 1. The molecule has 1 aromatic carbocycles. The highest BCUT2D eigenvalue weighted by molar-refractivity contribution is 14.1. The van der Waals surface area contributed by atoms with Gasteiger partial charge >= 0.3 is 0 Å². The van der Waals surface area contributed by atoms with Crippen molar-refractivity contribution in [2.24, 2.45) is 0 Å². The normalized spacial score (nSPS) is 17.9. The van der Waals surface area contributed by atoms with Crippen LogP contribution < -0.4 is 10.1 Å². The SMILES string of the molecule is COc1ccccc1NC1CCCc2sc(I)cc21. The number of hydrogen-bond acceptors (Lipinski definition) is 3. The topological polar surface area (TPSA) is 21.3 Å². The average Bonchev–Trinajstić information content (AvgIpc) is 2.81. The van der Waals surface area contributed by atoms with E-state index in [0.29, 0.717) is 6.04 Å². The lowest BCUT2D eigenvalue weighted by Gasteiger charge is -2.25. The van der Waals surface area contributed by atoms with Gasteiger partial charge in [-0.1, -0.05) is 12.1 Å². The molecular formula is C15H16INOS. The van der Waals surface area contributed by atoms with Crippen molar-refractivity contribution in [3.05, 3.63) is 43.7 Å². The van der Waals surface area contributed by atoms with Crippen molar-refractivity contribution in [1.82, 2.24) is 0 Å². The van der Waals surface area contributed by atoms with Crippen molar-refractivity contribution < 1.29 is 4.74 Å². The molecular weight excluding hydrogens is 369 g/mol. The fourth-order valence-electron chi connectivity index (χ4n) is 2.62. The molecule has 0 radical (unpaired) electrons. The van der Waals surface area contributed by atoms with Crippen LogP contribution in [0, 0.1) is 2.88 Å². The summed E-state index contributed by atoms with van der Waals surface area (Å²) >= 11 is 4.35. The second kappa shape index (κ2) is 5.71. The summed E-state index contributed by atoms with van der Waals surface area (Å²) in [5.41, 5.74) is 2.57. The van der Waals surface area contributed by atoms with Gasteiger partial charge in [-0.2, -0.15) is 0 Å². The molecule has 100 valence electrons. The molecule has 19 heavy (non-hydrogen) atoms. The van der Waals surface area contributed by atoms with E-state index in [-0.39, 0.29) is 0 Å². The standard InChI is InChI=1S/C15H16INOS/c1-18-13-7-3-2-5-12(13)17-11-6-4-8-14-10(11)9-15(16)19-14/h2-3,5,7,9,11,17H,4,6,8H2,1H3. The predicted octanol–water partition coefficient (Wildman–Crippen LogP) is 4.85. The molecule has 1 N–H and O–H groups in total. The summed E-state index contributed by atoms with van der Waals surface area (Å²) in [5, 5.41) is 3.65. The maximum Gasteiger partial charge on any atom is 0.141 e. The van der Waals surface area contributed by atoms with Crippen molar-refractivity contribution >= 4 is 39.6 Å². The van der Waals surface area contributed by atoms with Crippen LogP contribution in [0.3, 0.4) is 0 Å². The lowest BCUT2D eigenvalue weighted by Crippen LogP contribution is -2.16. The fourth-order valence-corrected chi connectivity index (χ4v) is 4.74. The molecule has 1 unspecified atom stereocenters. The van der Waals surface area contributed by atoms with Crippen LogP contribution in [-0.4, -0.2) is 7.11 Å². The van der Waals surface area contributed by atoms with Crippen LogP contribution >= 0.6 is 33.9 Å². The van der Waals surface area contributed by atoms with Crippen LogP contribution in [0.2, 0.25) is 0 Å². The minimum Gasteiger partial charge on any atom is -0.495 e. The number of rotatable bonds is 3. The van der Waals surface area contributed by atoms with E-state index in [1.807, 2.05) is 29.5 Å². The van der Waals surface area contributed by atoms with Gasteiger partial charge < -0.3 is 10.1 Å². The molecule has 1 aromatic heterocycles. The molecule has 2 aromatic rings. The molecule has 3 rings (SSSR count). The first-order chi connectivity index (χ1) is 9.28. The number of anilines is 1. The zero-order valence-corrected chi connectivity index (χ0v) is 13.8. The minimum atomic E-state index is 0.416. The molecule has 1 aliphatic carbocycles. The van der Waals surface area contributed by atoms with Gasteiger partial charge in [0, 0.05) is 4.88 Å². The average molecular weight is 385 g/mol. The molecule has 0 saturated carbocycles. The van der Waals surface area contributed by atoms with Crippen LogP contribution in [-0.2, 0) is 6.42 Å². The van der Waals surface area contributed by atoms with Gasteiger partial charge in [0.25, 0.3) is 0 Å². The Morgan fingerprint density at radius 2 is 2.21 bits per heavy atom. The van der Waals surface area contributed by atoms with Crippen molar-refractivity contribution in [3.8, 4) is 5.75 Å². The Hall–Kier alpha value is -0.750. The quantitative estimate of drug-likeness (QED) is 0.763. The van der Waals surface area contributed by atoms with Crippen molar-refractivity contribution in [2.45, 2.75) is 25.3 Å². The largest absolute Gasteiger partial charge is 0.495 e. The number of aryl methyl sites for hydroxylation is 1. The number of ether oxygens (including phenoxy) is 1. The second-order valence-corrected chi connectivity index (χ2v) is 7.75. The van der Waals surface area contributed by atoms with Gasteiger partial charge in [0.1, 0.15) is 5.75 Å². The summed E-state index contributed by atoms with van der Waals surface area (Å²) in [6.07, 6.45) is 3.68.